The lowest BCUT2D eigenvalue weighted by molar-refractivity contribution is -0.0855. The quantitative estimate of drug-likeness (QED) is 0.214. The van der Waals surface area contributed by atoms with E-state index in [0.717, 1.165) is 55.4 Å². The molecule has 2 N–H and O–H groups in total. The van der Waals surface area contributed by atoms with Crippen molar-refractivity contribution in [2.75, 3.05) is 53.7 Å². The predicted molar refractivity (Wildman–Crippen MR) is 127 cm³/mol. The molecule has 0 spiro atoms. The molecule has 1 aromatic rings. The standard InChI is InChI=1S/C21H35N3O4.HI/c1-5-22-20(24-16-21(26-4)8-10-27-11-9-21)23-15-18-7-6-17(2)14-19(18)28-13-12-25-3;/h6-7,14H,5,8-13,15-16H2,1-4H3,(H2,22,23,24);1H. The maximum absolute atomic E-state index is 5.87. The lowest BCUT2D eigenvalue weighted by Gasteiger charge is -2.36. The third kappa shape index (κ3) is 8.65. The van der Waals surface area contributed by atoms with Crippen LogP contribution < -0.4 is 15.4 Å². The second-order valence-electron chi connectivity index (χ2n) is 7.00. The second-order valence-corrected chi connectivity index (χ2v) is 7.00. The Hall–Kier alpha value is -1.10. The highest BCUT2D eigenvalue weighted by atomic mass is 127. The molecule has 1 saturated heterocycles. The van der Waals surface area contributed by atoms with Crippen LogP contribution in [0.2, 0.25) is 0 Å². The summed E-state index contributed by atoms with van der Waals surface area (Å²) < 4.78 is 22.2. The van der Waals surface area contributed by atoms with E-state index in [2.05, 4.69) is 36.6 Å². The largest absolute Gasteiger partial charge is 0.491 e. The first-order valence-electron chi connectivity index (χ1n) is 9.99. The number of hydrogen-bond acceptors (Lipinski definition) is 5. The Labute approximate surface area is 191 Å². The molecule has 1 fully saturated rings. The monoisotopic (exact) mass is 521 g/mol. The van der Waals surface area contributed by atoms with Crippen LogP contribution in [-0.4, -0.2) is 65.3 Å². The minimum absolute atomic E-state index is 0. The Morgan fingerprint density at radius 1 is 1.17 bits per heavy atom. The summed E-state index contributed by atoms with van der Waals surface area (Å²) in [5.41, 5.74) is 2.00. The molecular weight excluding hydrogens is 485 g/mol. The molecule has 0 aromatic heterocycles. The summed E-state index contributed by atoms with van der Waals surface area (Å²) in [6.07, 6.45) is 1.76. The molecule has 0 radical (unpaired) electrons. The van der Waals surface area contributed by atoms with Gasteiger partial charge in [-0.3, -0.25) is 0 Å². The molecule has 2 rings (SSSR count). The number of nitrogens with one attached hydrogen (secondary N) is 2. The summed E-state index contributed by atoms with van der Waals surface area (Å²) in [4.78, 5) is 4.75. The second kappa shape index (κ2) is 14.0. The fourth-order valence-corrected chi connectivity index (χ4v) is 3.11. The first-order valence-corrected chi connectivity index (χ1v) is 9.99. The van der Waals surface area contributed by atoms with Crippen molar-refractivity contribution in [2.45, 2.75) is 38.8 Å². The van der Waals surface area contributed by atoms with Crippen LogP contribution >= 0.6 is 24.0 Å². The van der Waals surface area contributed by atoms with Gasteiger partial charge in [0, 0.05) is 58.9 Å². The van der Waals surface area contributed by atoms with E-state index in [-0.39, 0.29) is 29.6 Å². The van der Waals surface area contributed by atoms with Crippen molar-refractivity contribution in [3.8, 4) is 5.75 Å². The van der Waals surface area contributed by atoms with E-state index in [0.29, 0.717) is 26.3 Å². The van der Waals surface area contributed by atoms with E-state index in [9.17, 15) is 0 Å². The highest BCUT2D eigenvalue weighted by Gasteiger charge is 2.32. The van der Waals surface area contributed by atoms with Gasteiger partial charge in [-0.05, 0) is 25.5 Å². The normalized spacial score (nSPS) is 16.1. The van der Waals surface area contributed by atoms with Crippen molar-refractivity contribution in [1.82, 2.24) is 10.6 Å². The van der Waals surface area contributed by atoms with Crippen molar-refractivity contribution in [1.29, 1.82) is 0 Å². The molecule has 0 bridgehead atoms. The van der Waals surface area contributed by atoms with Gasteiger partial charge >= 0.3 is 0 Å². The van der Waals surface area contributed by atoms with Gasteiger partial charge in [0.25, 0.3) is 0 Å². The molecule has 1 aliphatic heterocycles. The van der Waals surface area contributed by atoms with Gasteiger partial charge in [0.2, 0.25) is 0 Å². The van der Waals surface area contributed by atoms with E-state index in [1.807, 2.05) is 6.07 Å². The Balaban J connectivity index is 0.00000420. The molecule has 1 aromatic carbocycles. The van der Waals surface area contributed by atoms with Crippen LogP contribution in [0.4, 0.5) is 0 Å². The van der Waals surface area contributed by atoms with Crippen LogP contribution in [-0.2, 0) is 20.8 Å². The first kappa shape index (κ1) is 25.9. The molecule has 0 atom stereocenters. The third-order valence-corrected chi connectivity index (χ3v) is 4.93. The van der Waals surface area contributed by atoms with Crippen LogP contribution in [0.25, 0.3) is 0 Å². The number of rotatable bonds is 10. The summed E-state index contributed by atoms with van der Waals surface area (Å²) in [5, 5.41) is 6.74. The molecule has 0 amide bonds. The number of methoxy groups -OCH3 is 2. The predicted octanol–water partition coefficient (Wildman–Crippen LogP) is 2.89. The highest BCUT2D eigenvalue weighted by molar-refractivity contribution is 14.0. The Bertz CT molecular complexity index is 622. The van der Waals surface area contributed by atoms with Gasteiger partial charge in [0.15, 0.2) is 5.96 Å². The highest BCUT2D eigenvalue weighted by Crippen LogP contribution is 2.24. The zero-order valence-electron chi connectivity index (χ0n) is 18.1. The molecule has 1 heterocycles. The van der Waals surface area contributed by atoms with Crippen LogP contribution in [0, 0.1) is 6.92 Å². The van der Waals surface area contributed by atoms with Crippen LogP contribution in [0.15, 0.2) is 23.2 Å². The lowest BCUT2D eigenvalue weighted by atomic mass is 9.94. The summed E-state index contributed by atoms with van der Waals surface area (Å²) in [6.45, 7) is 8.67. The van der Waals surface area contributed by atoms with Gasteiger partial charge in [0.1, 0.15) is 12.4 Å². The van der Waals surface area contributed by atoms with Crippen LogP contribution in [0.3, 0.4) is 0 Å². The van der Waals surface area contributed by atoms with Crippen molar-refractivity contribution in [2.24, 2.45) is 4.99 Å². The zero-order chi connectivity index (χ0) is 20.2. The Morgan fingerprint density at radius 2 is 1.93 bits per heavy atom. The van der Waals surface area contributed by atoms with E-state index in [1.165, 1.54) is 0 Å². The van der Waals surface area contributed by atoms with Gasteiger partial charge in [0.05, 0.1) is 18.8 Å². The number of nitrogens with zero attached hydrogens (tertiary/aromatic N) is 1. The van der Waals surface area contributed by atoms with Gasteiger partial charge in [-0.1, -0.05) is 12.1 Å². The van der Waals surface area contributed by atoms with Gasteiger partial charge in [-0.15, -0.1) is 24.0 Å². The fraction of sp³-hybridized carbons (Fsp3) is 0.667. The van der Waals surface area contributed by atoms with Gasteiger partial charge in [-0.25, -0.2) is 4.99 Å². The van der Waals surface area contributed by atoms with Gasteiger partial charge in [-0.2, -0.15) is 0 Å². The number of benzene rings is 1. The number of halogens is 1. The van der Waals surface area contributed by atoms with Gasteiger partial charge < -0.3 is 29.6 Å². The molecule has 7 nitrogen and oxygen atoms in total. The maximum Gasteiger partial charge on any atom is 0.191 e. The van der Waals surface area contributed by atoms with Crippen LogP contribution in [0.5, 0.6) is 5.75 Å². The number of ether oxygens (including phenoxy) is 4. The van der Waals surface area contributed by atoms with E-state index in [4.69, 9.17) is 23.9 Å². The third-order valence-electron chi connectivity index (χ3n) is 4.93. The van der Waals surface area contributed by atoms with Crippen molar-refractivity contribution in [3.05, 3.63) is 29.3 Å². The van der Waals surface area contributed by atoms with E-state index >= 15 is 0 Å². The molecule has 1 aliphatic rings. The number of aliphatic imine (C=N–C) groups is 1. The number of aryl methyl sites for hydroxylation is 1. The molecule has 29 heavy (non-hydrogen) atoms. The van der Waals surface area contributed by atoms with Crippen LogP contribution in [0.1, 0.15) is 30.9 Å². The number of guanidine groups is 1. The topological polar surface area (TPSA) is 73.3 Å². The minimum Gasteiger partial charge on any atom is -0.491 e. The molecule has 0 aliphatic carbocycles. The molecule has 0 unspecified atom stereocenters. The van der Waals surface area contributed by atoms with Crippen molar-refractivity contribution in [3.63, 3.8) is 0 Å². The maximum atomic E-state index is 5.87. The summed E-state index contributed by atoms with van der Waals surface area (Å²) in [6, 6.07) is 6.19. The Kier molecular flexibility index (Phi) is 12.5. The molecular formula is C21H36IN3O4. The Morgan fingerprint density at radius 3 is 2.59 bits per heavy atom. The smallest absolute Gasteiger partial charge is 0.191 e. The van der Waals surface area contributed by atoms with Crippen molar-refractivity contribution < 1.29 is 18.9 Å². The average molecular weight is 521 g/mol. The molecule has 166 valence electrons. The number of hydrogen-bond donors (Lipinski definition) is 2. The lowest BCUT2D eigenvalue weighted by Crippen LogP contribution is -2.50. The molecule has 8 heteroatoms. The van der Waals surface area contributed by atoms with Crippen molar-refractivity contribution >= 4 is 29.9 Å². The summed E-state index contributed by atoms with van der Waals surface area (Å²) in [5.74, 6) is 1.63. The average Bonchev–Trinajstić information content (AvgIpc) is 2.72. The zero-order valence-corrected chi connectivity index (χ0v) is 20.4. The molecule has 0 saturated carbocycles. The summed E-state index contributed by atoms with van der Waals surface area (Å²) >= 11 is 0. The van der Waals surface area contributed by atoms with E-state index in [1.54, 1.807) is 14.2 Å². The SMILES string of the molecule is CCNC(=NCc1ccc(C)cc1OCCOC)NCC1(OC)CCOCC1.I. The first-order chi connectivity index (χ1) is 13.6. The fourth-order valence-electron chi connectivity index (χ4n) is 3.11. The minimum atomic E-state index is -0.202. The summed E-state index contributed by atoms with van der Waals surface area (Å²) in [7, 11) is 3.44. The van der Waals surface area contributed by atoms with E-state index < -0.39 is 0 Å².